The standard InChI is InChI=1S/C21H23N3OS2/c1-5-12-24-19(15-8-10-16(11-9-15)21(2,3)4)22-23-20(24)27-14-17(25)18-7-6-13-26-18/h5-11,13H,1,12,14H2,2-4H3. The van der Waals surface area contributed by atoms with Crippen molar-refractivity contribution in [3.05, 3.63) is 64.9 Å². The molecule has 0 saturated heterocycles. The van der Waals surface area contributed by atoms with Gasteiger partial charge in [-0.05, 0) is 22.4 Å². The van der Waals surface area contributed by atoms with Gasteiger partial charge in [0.2, 0.25) is 0 Å². The zero-order chi connectivity index (χ0) is 19.4. The topological polar surface area (TPSA) is 47.8 Å². The van der Waals surface area contributed by atoms with Gasteiger partial charge in [-0.25, -0.2) is 0 Å². The van der Waals surface area contributed by atoms with Crippen LogP contribution < -0.4 is 0 Å². The second-order valence-electron chi connectivity index (χ2n) is 7.22. The number of hydrogen-bond acceptors (Lipinski definition) is 5. The van der Waals surface area contributed by atoms with Crippen molar-refractivity contribution in [1.82, 2.24) is 14.8 Å². The molecule has 0 unspecified atom stereocenters. The Morgan fingerprint density at radius 2 is 1.96 bits per heavy atom. The van der Waals surface area contributed by atoms with Crippen molar-refractivity contribution in [1.29, 1.82) is 0 Å². The number of Topliss-reactive ketones (excluding diaryl/α,β-unsaturated/α-hetero) is 1. The number of thioether (sulfide) groups is 1. The molecular weight excluding hydrogens is 374 g/mol. The summed E-state index contributed by atoms with van der Waals surface area (Å²) in [5, 5.41) is 11.3. The Hall–Kier alpha value is -2.18. The molecular formula is C21H23N3OS2. The minimum atomic E-state index is 0.108. The summed E-state index contributed by atoms with van der Waals surface area (Å²) < 4.78 is 2.01. The molecule has 140 valence electrons. The average Bonchev–Trinajstić information content (AvgIpc) is 3.30. The van der Waals surface area contributed by atoms with E-state index in [4.69, 9.17) is 0 Å². The van der Waals surface area contributed by atoms with Gasteiger partial charge in [-0.3, -0.25) is 9.36 Å². The first kappa shape index (κ1) is 19.6. The Morgan fingerprint density at radius 3 is 2.56 bits per heavy atom. The van der Waals surface area contributed by atoms with Crippen molar-refractivity contribution in [2.45, 2.75) is 37.9 Å². The van der Waals surface area contributed by atoms with Crippen LogP contribution in [-0.2, 0) is 12.0 Å². The van der Waals surface area contributed by atoms with Gasteiger partial charge in [-0.2, -0.15) is 0 Å². The molecule has 0 N–H and O–H groups in total. The van der Waals surface area contributed by atoms with Gasteiger partial charge in [0.05, 0.1) is 10.6 Å². The molecule has 0 saturated carbocycles. The van der Waals surface area contributed by atoms with Gasteiger partial charge in [0, 0.05) is 12.1 Å². The average molecular weight is 398 g/mol. The van der Waals surface area contributed by atoms with Gasteiger partial charge >= 0.3 is 0 Å². The Balaban J connectivity index is 1.82. The highest BCUT2D eigenvalue weighted by molar-refractivity contribution is 7.99. The predicted molar refractivity (Wildman–Crippen MR) is 114 cm³/mol. The number of carbonyl (C=O) groups excluding carboxylic acids is 1. The SMILES string of the molecule is C=CCn1c(SCC(=O)c2cccs2)nnc1-c1ccc(C(C)(C)C)cc1. The number of rotatable bonds is 7. The lowest BCUT2D eigenvalue weighted by Gasteiger charge is -2.19. The molecule has 0 fully saturated rings. The summed E-state index contributed by atoms with van der Waals surface area (Å²) in [5.74, 6) is 1.25. The van der Waals surface area contributed by atoms with E-state index in [2.05, 4.69) is 61.8 Å². The van der Waals surface area contributed by atoms with Crippen molar-refractivity contribution < 1.29 is 4.79 Å². The lowest BCUT2D eigenvalue weighted by Crippen LogP contribution is -2.10. The number of nitrogens with zero attached hydrogens (tertiary/aromatic N) is 3. The summed E-state index contributed by atoms with van der Waals surface area (Å²) in [6.07, 6.45) is 1.82. The minimum absolute atomic E-state index is 0.108. The van der Waals surface area contributed by atoms with Crippen molar-refractivity contribution >= 4 is 28.9 Å². The van der Waals surface area contributed by atoms with Gasteiger partial charge in [0.25, 0.3) is 0 Å². The first-order chi connectivity index (χ1) is 12.9. The van der Waals surface area contributed by atoms with Crippen molar-refractivity contribution in [2.24, 2.45) is 0 Å². The van der Waals surface area contributed by atoms with Crippen LogP contribution in [0.25, 0.3) is 11.4 Å². The Kier molecular flexibility index (Phi) is 5.97. The van der Waals surface area contributed by atoms with E-state index in [-0.39, 0.29) is 11.2 Å². The summed E-state index contributed by atoms with van der Waals surface area (Å²) in [5.41, 5.74) is 2.39. The fraction of sp³-hybridized carbons (Fsp3) is 0.286. The second kappa shape index (κ2) is 8.23. The van der Waals surface area contributed by atoms with Gasteiger partial charge < -0.3 is 0 Å². The van der Waals surface area contributed by atoms with E-state index >= 15 is 0 Å². The number of benzene rings is 1. The van der Waals surface area contributed by atoms with Gasteiger partial charge in [0.1, 0.15) is 0 Å². The van der Waals surface area contributed by atoms with Gasteiger partial charge in [-0.1, -0.05) is 68.9 Å². The number of carbonyl (C=O) groups is 1. The quantitative estimate of drug-likeness (QED) is 0.301. The number of aromatic nitrogens is 3. The van der Waals surface area contributed by atoms with Crippen LogP contribution in [0.1, 0.15) is 36.0 Å². The van der Waals surface area contributed by atoms with Crippen LogP contribution in [0, 0.1) is 0 Å². The molecule has 6 heteroatoms. The number of hydrogen-bond donors (Lipinski definition) is 0. The molecule has 0 spiro atoms. The molecule has 27 heavy (non-hydrogen) atoms. The van der Waals surface area contributed by atoms with Crippen LogP contribution >= 0.6 is 23.1 Å². The maximum absolute atomic E-state index is 12.3. The van der Waals surface area contributed by atoms with E-state index in [0.29, 0.717) is 12.3 Å². The summed E-state index contributed by atoms with van der Waals surface area (Å²) in [6, 6.07) is 12.2. The first-order valence-corrected chi connectivity index (χ1v) is 10.6. The van der Waals surface area contributed by atoms with Crippen LogP contribution in [-0.4, -0.2) is 26.3 Å². The third-order valence-electron chi connectivity index (χ3n) is 4.17. The van der Waals surface area contributed by atoms with Gasteiger partial charge in [-0.15, -0.1) is 28.1 Å². The molecule has 3 aromatic rings. The second-order valence-corrected chi connectivity index (χ2v) is 9.11. The summed E-state index contributed by atoms with van der Waals surface area (Å²) in [6.45, 7) is 11.0. The van der Waals surface area contributed by atoms with E-state index in [9.17, 15) is 4.79 Å². The van der Waals surface area contributed by atoms with E-state index < -0.39 is 0 Å². The van der Waals surface area contributed by atoms with E-state index in [0.717, 1.165) is 21.4 Å². The molecule has 0 aliphatic heterocycles. The molecule has 0 amide bonds. The highest BCUT2D eigenvalue weighted by Crippen LogP contribution is 2.28. The summed E-state index contributed by atoms with van der Waals surface area (Å²) >= 11 is 2.88. The molecule has 2 heterocycles. The van der Waals surface area contributed by atoms with Crippen molar-refractivity contribution in [3.8, 4) is 11.4 Å². The molecule has 3 rings (SSSR count). The molecule has 2 aromatic heterocycles. The number of allylic oxidation sites excluding steroid dienone is 1. The van der Waals surface area contributed by atoms with E-state index in [1.54, 1.807) is 0 Å². The number of ketones is 1. The van der Waals surface area contributed by atoms with Crippen molar-refractivity contribution in [2.75, 3.05) is 5.75 Å². The molecule has 1 aromatic carbocycles. The molecule has 4 nitrogen and oxygen atoms in total. The fourth-order valence-corrected chi connectivity index (χ4v) is 4.25. The summed E-state index contributed by atoms with van der Waals surface area (Å²) in [7, 11) is 0. The van der Waals surface area contributed by atoms with Crippen LogP contribution in [0.3, 0.4) is 0 Å². The molecule has 0 aliphatic carbocycles. The van der Waals surface area contributed by atoms with Crippen LogP contribution in [0.5, 0.6) is 0 Å². The highest BCUT2D eigenvalue weighted by atomic mass is 32.2. The third kappa shape index (κ3) is 4.57. The monoisotopic (exact) mass is 397 g/mol. The van der Waals surface area contributed by atoms with Crippen molar-refractivity contribution in [3.63, 3.8) is 0 Å². The predicted octanol–water partition coefficient (Wildman–Crippen LogP) is 5.47. The maximum Gasteiger partial charge on any atom is 0.192 e. The maximum atomic E-state index is 12.3. The van der Waals surface area contributed by atoms with E-state index in [1.807, 2.05) is 28.2 Å². The largest absolute Gasteiger partial charge is 0.298 e. The van der Waals surface area contributed by atoms with Crippen LogP contribution in [0.4, 0.5) is 0 Å². The third-order valence-corrected chi connectivity index (χ3v) is 6.04. The Bertz CT molecular complexity index is 919. The zero-order valence-corrected chi connectivity index (χ0v) is 17.4. The Labute approximate surface area is 168 Å². The smallest absolute Gasteiger partial charge is 0.192 e. The van der Waals surface area contributed by atoms with E-state index in [1.165, 1.54) is 28.7 Å². The molecule has 0 radical (unpaired) electrons. The van der Waals surface area contributed by atoms with Gasteiger partial charge in [0.15, 0.2) is 16.8 Å². The first-order valence-electron chi connectivity index (χ1n) is 8.74. The lowest BCUT2D eigenvalue weighted by atomic mass is 9.87. The minimum Gasteiger partial charge on any atom is -0.298 e. The molecule has 0 aliphatic rings. The lowest BCUT2D eigenvalue weighted by molar-refractivity contribution is 0.102. The van der Waals surface area contributed by atoms with Crippen LogP contribution in [0.15, 0.2) is 59.6 Å². The number of thiophene rings is 1. The summed E-state index contributed by atoms with van der Waals surface area (Å²) in [4.78, 5) is 13.0. The Morgan fingerprint density at radius 1 is 1.22 bits per heavy atom. The highest BCUT2D eigenvalue weighted by Gasteiger charge is 2.17. The normalized spacial score (nSPS) is 11.5. The fourth-order valence-electron chi connectivity index (χ4n) is 2.66. The molecule has 0 atom stereocenters. The zero-order valence-electron chi connectivity index (χ0n) is 15.8. The molecule has 0 bridgehead atoms. The van der Waals surface area contributed by atoms with Crippen LogP contribution in [0.2, 0.25) is 0 Å².